The zero-order valence-electron chi connectivity index (χ0n) is 11.3. The van der Waals surface area contributed by atoms with Gasteiger partial charge in [-0.05, 0) is 32.2 Å². The molecule has 5 nitrogen and oxygen atoms in total. The number of hydrogen-bond acceptors (Lipinski definition) is 3. The number of carbonyl (C=O) groups excluding carboxylic acids is 1. The number of nitrogens with zero attached hydrogens (tertiary/aromatic N) is 2. The fraction of sp³-hybridized carbons (Fsp3) is 0.714. The Morgan fingerprint density at radius 2 is 2.05 bits per heavy atom. The van der Waals surface area contributed by atoms with E-state index in [2.05, 4.69) is 15.1 Å². The van der Waals surface area contributed by atoms with Crippen LogP contribution in [0.15, 0.2) is 6.20 Å². The summed E-state index contributed by atoms with van der Waals surface area (Å²) in [7, 11) is 0. The van der Waals surface area contributed by atoms with Crippen LogP contribution in [0, 0.1) is 0 Å². The molecule has 1 atom stereocenters. The molecule has 1 saturated heterocycles. The van der Waals surface area contributed by atoms with Gasteiger partial charge in [0.05, 0.1) is 23.5 Å². The Labute approximate surface area is 113 Å². The summed E-state index contributed by atoms with van der Waals surface area (Å²) in [6, 6.07) is 0.971. The number of likely N-dealkylation sites (tertiary alicyclic amines) is 1. The van der Waals surface area contributed by atoms with Gasteiger partial charge in [-0.2, -0.15) is 5.10 Å². The van der Waals surface area contributed by atoms with E-state index in [0.29, 0.717) is 17.6 Å². The predicted molar refractivity (Wildman–Crippen MR) is 72.7 cm³/mol. The van der Waals surface area contributed by atoms with Crippen LogP contribution in [0.2, 0.25) is 0 Å². The summed E-state index contributed by atoms with van der Waals surface area (Å²) in [5.74, 6) is -0.376. The van der Waals surface area contributed by atoms with Gasteiger partial charge in [-0.25, -0.2) is 0 Å². The van der Waals surface area contributed by atoms with Gasteiger partial charge in [0.1, 0.15) is 0 Å². The summed E-state index contributed by atoms with van der Waals surface area (Å²) in [4.78, 5) is 14.0. The maximum atomic E-state index is 11.5. The number of H-pyrrole nitrogens is 1. The number of nitrogens with one attached hydrogen (secondary N) is 1. The summed E-state index contributed by atoms with van der Waals surface area (Å²) in [5.41, 5.74) is 6.92. The lowest BCUT2D eigenvalue weighted by Crippen LogP contribution is -2.37. The van der Waals surface area contributed by atoms with Gasteiger partial charge in [0.2, 0.25) is 0 Å². The first-order valence-electron chi connectivity index (χ1n) is 7.36. The molecule has 2 heterocycles. The maximum Gasteiger partial charge on any atom is 0.252 e. The summed E-state index contributed by atoms with van der Waals surface area (Å²) >= 11 is 0. The van der Waals surface area contributed by atoms with E-state index in [4.69, 9.17) is 5.73 Å². The van der Waals surface area contributed by atoms with Crippen molar-refractivity contribution >= 4 is 5.91 Å². The molecule has 1 aromatic rings. The summed E-state index contributed by atoms with van der Waals surface area (Å²) in [6.45, 7) is 1.13. The van der Waals surface area contributed by atoms with Gasteiger partial charge in [-0.3, -0.25) is 14.8 Å². The minimum Gasteiger partial charge on any atom is -0.365 e. The molecule has 0 unspecified atom stereocenters. The number of hydrogen-bond donors (Lipinski definition) is 2. The highest BCUT2D eigenvalue weighted by Crippen LogP contribution is 2.37. The number of amides is 1. The zero-order valence-corrected chi connectivity index (χ0v) is 11.3. The molecule has 3 N–H and O–H groups in total. The molecule has 1 amide bonds. The van der Waals surface area contributed by atoms with Crippen molar-refractivity contribution in [3.8, 4) is 0 Å². The van der Waals surface area contributed by atoms with Crippen LogP contribution in [0.4, 0.5) is 0 Å². The van der Waals surface area contributed by atoms with E-state index in [1.807, 2.05) is 0 Å². The molecule has 1 aromatic heterocycles. The third-order valence-electron chi connectivity index (χ3n) is 4.61. The molecule has 0 radical (unpaired) electrons. The van der Waals surface area contributed by atoms with Crippen molar-refractivity contribution in [2.45, 2.75) is 57.0 Å². The number of aromatic nitrogens is 2. The van der Waals surface area contributed by atoms with E-state index in [1.54, 1.807) is 6.20 Å². The first-order chi connectivity index (χ1) is 9.27. The van der Waals surface area contributed by atoms with Crippen LogP contribution in [-0.4, -0.2) is 33.6 Å². The third-order valence-corrected chi connectivity index (χ3v) is 4.61. The number of nitrogens with two attached hydrogens (primary N) is 1. The lowest BCUT2D eigenvalue weighted by atomic mass is 9.93. The number of carbonyl (C=O) groups is 1. The first-order valence-corrected chi connectivity index (χ1v) is 7.36. The van der Waals surface area contributed by atoms with Crippen molar-refractivity contribution in [2.75, 3.05) is 6.54 Å². The summed E-state index contributed by atoms with van der Waals surface area (Å²) < 4.78 is 0. The normalized spacial score (nSPS) is 25.8. The van der Waals surface area contributed by atoms with Crippen molar-refractivity contribution in [3.05, 3.63) is 17.5 Å². The molecular weight excluding hydrogens is 240 g/mol. The molecule has 19 heavy (non-hydrogen) atoms. The second-order valence-corrected chi connectivity index (χ2v) is 5.75. The number of rotatable bonds is 3. The average molecular weight is 262 g/mol. The van der Waals surface area contributed by atoms with Crippen molar-refractivity contribution in [2.24, 2.45) is 5.73 Å². The SMILES string of the molecule is NC(=O)c1cn[nH]c1[C@@H]1CCCN1C1CCCCC1. The Morgan fingerprint density at radius 1 is 1.26 bits per heavy atom. The number of primary amides is 1. The van der Waals surface area contributed by atoms with Crippen LogP contribution in [0.5, 0.6) is 0 Å². The Hall–Kier alpha value is -1.36. The molecule has 0 aromatic carbocycles. The molecule has 2 aliphatic rings. The van der Waals surface area contributed by atoms with Gasteiger partial charge in [-0.15, -0.1) is 0 Å². The predicted octanol–water partition coefficient (Wildman–Crippen LogP) is 1.98. The molecule has 0 bridgehead atoms. The fourth-order valence-electron chi connectivity index (χ4n) is 3.70. The molecular formula is C14H22N4O. The minimum absolute atomic E-state index is 0.299. The van der Waals surface area contributed by atoms with Crippen LogP contribution in [0.25, 0.3) is 0 Å². The molecule has 5 heteroatoms. The maximum absolute atomic E-state index is 11.5. The Morgan fingerprint density at radius 3 is 2.79 bits per heavy atom. The van der Waals surface area contributed by atoms with E-state index < -0.39 is 0 Å². The average Bonchev–Trinajstić information content (AvgIpc) is 3.08. The van der Waals surface area contributed by atoms with Crippen LogP contribution in [0.3, 0.4) is 0 Å². The van der Waals surface area contributed by atoms with Gasteiger partial charge < -0.3 is 5.73 Å². The van der Waals surface area contributed by atoms with Crippen molar-refractivity contribution in [3.63, 3.8) is 0 Å². The minimum atomic E-state index is -0.376. The van der Waals surface area contributed by atoms with Gasteiger partial charge >= 0.3 is 0 Å². The molecule has 1 aliphatic heterocycles. The van der Waals surface area contributed by atoms with Gasteiger partial charge in [-0.1, -0.05) is 19.3 Å². The molecule has 1 aliphatic carbocycles. The van der Waals surface area contributed by atoms with E-state index >= 15 is 0 Å². The lowest BCUT2D eigenvalue weighted by molar-refractivity contribution is 0.0993. The van der Waals surface area contributed by atoms with Crippen molar-refractivity contribution in [1.82, 2.24) is 15.1 Å². The smallest absolute Gasteiger partial charge is 0.252 e. The first kappa shape index (κ1) is 12.7. The molecule has 0 spiro atoms. The van der Waals surface area contributed by atoms with Crippen molar-refractivity contribution in [1.29, 1.82) is 0 Å². The monoisotopic (exact) mass is 262 g/mol. The van der Waals surface area contributed by atoms with Gasteiger partial charge in [0, 0.05) is 6.04 Å². The highest BCUT2D eigenvalue weighted by molar-refractivity contribution is 5.93. The Balaban J connectivity index is 1.82. The highest BCUT2D eigenvalue weighted by Gasteiger charge is 2.35. The van der Waals surface area contributed by atoms with E-state index in [0.717, 1.165) is 18.7 Å². The zero-order chi connectivity index (χ0) is 13.2. The third kappa shape index (κ3) is 2.39. The largest absolute Gasteiger partial charge is 0.365 e. The Bertz CT molecular complexity index is 450. The van der Waals surface area contributed by atoms with Crippen LogP contribution < -0.4 is 5.73 Å². The summed E-state index contributed by atoms with van der Waals surface area (Å²) in [5, 5.41) is 7.02. The van der Waals surface area contributed by atoms with E-state index in [1.165, 1.54) is 38.5 Å². The fourth-order valence-corrected chi connectivity index (χ4v) is 3.70. The summed E-state index contributed by atoms with van der Waals surface area (Å²) in [6.07, 6.45) is 10.5. The quantitative estimate of drug-likeness (QED) is 0.874. The standard InChI is InChI=1S/C14H22N4O/c15-14(19)11-9-16-17-13(11)12-7-4-8-18(12)10-5-2-1-3-6-10/h9-10,12H,1-8H2,(H2,15,19)(H,16,17)/t12-/m0/s1. The van der Waals surface area contributed by atoms with Crippen LogP contribution in [0.1, 0.15) is 67.0 Å². The van der Waals surface area contributed by atoms with E-state index in [-0.39, 0.29) is 5.91 Å². The molecule has 3 rings (SSSR count). The van der Waals surface area contributed by atoms with Gasteiger partial charge in [0.25, 0.3) is 5.91 Å². The molecule has 1 saturated carbocycles. The second-order valence-electron chi connectivity index (χ2n) is 5.75. The molecule has 104 valence electrons. The van der Waals surface area contributed by atoms with Crippen molar-refractivity contribution < 1.29 is 4.79 Å². The second kappa shape index (κ2) is 5.33. The van der Waals surface area contributed by atoms with Gasteiger partial charge in [0.15, 0.2) is 0 Å². The highest BCUT2D eigenvalue weighted by atomic mass is 16.1. The van der Waals surface area contributed by atoms with Crippen LogP contribution in [-0.2, 0) is 0 Å². The lowest BCUT2D eigenvalue weighted by Gasteiger charge is -2.35. The molecule has 2 fully saturated rings. The number of aromatic amines is 1. The van der Waals surface area contributed by atoms with E-state index in [9.17, 15) is 4.79 Å². The topological polar surface area (TPSA) is 75.0 Å². The Kier molecular flexibility index (Phi) is 3.55. The van der Waals surface area contributed by atoms with Crippen LogP contribution >= 0.6 is 0 Å².